The molecule has 24 heavy (non-hydrogen) atoms. The molecule has 6 nitrogen and oxygen atoms in total. The van der Waals surface area contributed by atoms with Crippen molar-refractivity contribution >= 4 is 34.8 Å². The first-order chi connectivity index (χ1) is 11.5. The predicted molar refractivity (Wildman–Crippen MR) is 92.9 cm³/mol. The van der Waals surface area contributed by atoms with E-state index in [1.807, 2.05) is 0 Å². The summed E-state index contributed by atoms with van der Waals surface area (Å²) in [6.45, 7) is 1.22. The van der Waals surface area contributed by atoms with Gasteiger partial charge in [0.2, 0.25) is 5.91 Å². The normalized spacial score (nSPS) is 9.96. The Balaban J connectivity index is 1.96. The summed E-state index contributed by atoms with van der Waals surface area (Å²) in [7, 11) is 1.50. The van der Waals surface area contributed by atoms with E-state index in [0.29, 0.717) is 27.9 Å². The molecule has 7 heteroatoms. The number of carbonyl (C=O) groups excluding carboxylic acids is 2. The van der Waals surface area contributed by atoms with E-state index in [2.05, 4.69) is 10.6 Å². The number of ether oxygens (including phenoxy) is 2. The molecule has 0 heterocycles. The molecule has 0 saturated heterocycles. The lowest BCUT2D eigenvalue weighted by Crippen LogP contribution is -2.20. The topological polar surface area (TPSA) is 76.7 Å². The Morgan fingerprint density at radius 2 is 1.92 bits per heavy atom. The molecular formula is C17H17ClN2O4. The van der Waals surface area contributed by atoms with Gasteiger partial charge in [0.05, 0.1) is 12.8 Å². The van der Waals surface area contributed by atoms with Crippen molar-refractivity contribution in [3.05, 3.63) is 47.5 Å². The zero-order valence-electron chi connectivity index (χ0n) is 13.3. The van der Waals surface area contributed by atoms with Gasteiger partial charge in [0, 0.05) is 23.7 Å². The number of amides is 2. The zero-order chi connectivity index (χ0) is 17.5. The molecule has 2 aromatic rings. The van der Waals surface area contributed by atoms with Crippen molar-refractivity contribution in [3.63, 3.8) is 0 Å². The number of benzene rings is 2. The summed E-state index contributed by atoms with van der Waals surface area (Å²) in [5, 5.41) is 5.80. The number of carbonyl (C=O) groups is 2. The van der Waals surface area contributed by atoms with Gasteiger partial charge in [-0.1, -0.05) is 17.7 Å². The fourth-order valence-corrected chi connectivity index (χ4v) is 2.15. The monoisotopic (exact) mass is 348 g/mol. The molecule has 0 aliphatic carbocycles. The Kier molecular flexibility index (Phi) is 6.03. The second-order valence-corrected chi connectivity index (χ2v) is 5.33. The predicted octanol–water partition coefficient (Wildman–Crippen LogP) is 3.32. The van der Waals surface area contributed by atoms with Crippen molar-refractivity contribution < 1.29 is 19.1 Å². The van der Waals surface area contributed by atoms with E-state index in [1.54, 1.807) is 42.5 Å². The van der Waals surface area contributed by atoms with Gasteiger partial charge in [-0.25, -0.2) is 0 Å². The third-order valence-electron chi connectivity index (χ3n) is 2.96. The molecule has 2 amide bonds. The van der Waals surface area contributed by atoms with Crippen LogP contribution in [-0.2, 0) is 9.59 Å². The van der Waals surface area contributed by atoms with Gasteiger partial charge in [-0.15, -0.1) is 0 Å². The number of methoxy groups -OCH3 is 1. The Morgan fingerprint density at radius 1 is 1.12 bits per heavy atom. The van der Waals surface area contributed by atoms with E-state index in [9.17, 15) is 9.59 Å². The summed E-state index contributed by atoms with van der Waals surface area (Å²) in [5.74, 6) is 0.424. The molecule has 0 fully saturated rings. The molecule has 126 valence electrons. The third kappa shape index (κ3) is 5.17. The molecule has 0 spiro atoms. The Morgan fingerprint density at radius 3 is 2.62 bits per heavy atom. The van der Waals surface area contributed by atoms with Crippen LogP contribution in [0.1, 0.15) is 6.92 Å². The number of hydrogen-bond acceptors (Lipinski definition) is 4. The van der Waals surface area contributed by atoms with Crippen molar-refractivity contribution in [2.45, 2.75) is 6.92 Å². The molecule has 2 N–H and O–H groups in total. The molecule has 2 rings (SSSR count). The highest BCUT2D eigenvalue weighted by molar-refractivity contribution is 6.31. The number of anilines is 2. The van der Waals surface area contributed by atoms with E-state index >= 15 is 0 Å². The fourth-order valence-electron chi connectivity index (χ4n) is 1.98. The van der Waals surface area contributed by atoms with Crippen LogP contribution >= 0.6 is 11.6 Å². The largest absolute Gasteiger partial charge is 0.495 e. The molecule has 0 unspecified atom stereocenters. The molecular weight excluding hydrogens is 332 g/mol. The van der Waals surface area contributed by atoms with Gasteiger partial charge in [0.25, 0.3) is 5.91 Å². The lowest BCUT2D eigenvalue weighted by molar-refractivity contribution is -0.118. The highest BCUT2D eigenvalue weighted by Crippen LogP contribution is 2.27. The number of nitrogens with one attached hydrogen (secondary N) is 2. The van der Waals surface area contributed by atoms with E-state index in [1.165, 1.54) is 14.0 Å². The van der Waals surface area contributed by atoms with E-state index in [-0.39, 0.29) is 18.4 Å². The second kappa shape index (κ2) is 8.21. The van der Waals surface area contributed by atoms with Crippen LogP contribution in [0.5, 0.6) is 11.5 Å². The summed E-state index contributed by atoms with van der Waals surface area (Å²) in [4.78, 5) is 23.1. The second-order valence-electron chi connectivity index (χ2n) is 4.89. The van der Waals surface area contributed by atoms with Crippen molar-refractivity contribution in [2.75, 3.05) is 24.4 Å². The summed E-state index contributed by atoms with van der Waals surface area (Å²) >= 11 is 5.92. The maximum absolute atomic E-state index is 12.0. The van der Waals surface area contributed by atoms with Gasteiger partial charge in [-0.05, 0) is 30.3 Å². The third-order valence-corrected chi connectivity index (χ3v) is 3.20. The van der Waals surface area contributed by atoms with Crippen molar-refractivity contribution in [3.8, 4) is 11.5 Å². The standard InChI is InChI=1S/C17H17ClN2O4/c1-11(21)19-13-4-3-5-14(9-13)24-10-17(22)20-15-8-12(18)6-7-16(15)23-2/h3-9H,10H2,1-2H3,(H,19,21)(H,20,22). The molecule has 0 atom stereocenters. The lowest BCUT2D eigenvalue weighted by Gasteiger charge is -2.11. The van der Waals surface area contributed by atoms with Crippen LogP contribution < -0.4 is 20.1 Å². The van der Waals surface area contributed by atoms with Crippen LogP contribution in [0.3, 0.4) is 0 Å². The SMILES string of the molecule is COc1ccc(Cl)cc1NC(=O)COc1cccc(NC(C)=O)c1. The van der Waals surface area contributed by atoms with Crippen molar-refractivity contribution in [1.29, 1.82) is 0 Å². The maximum Gasteiger partial charge on any atom is 0.262 e. The first kappa shape index (κ1) is 17.6. The van der Waals surface area contributed by atoms with Crippen LogP contribution in [-0.4, -0.2) is 25.5 Å². The zero-order valence-corrected chi connectivity index (χ0v) is 14.0. The van der Waals surface area contributed by atoms with Crippen LogP contribution in [0.4, 0.5) is 11.4 Å². The average molecular weight is 349 g/mol. The fraction of sp³-hybridized carbons (Fsp3) is 0.176. The van der Waals surface area contributed by atoms with Crippen molar-refractivity contribution in [2.24, 2.45) is 0 Å². The van der Waals surface area contributed by atoms with Gasteiger partial charge in [-0.2, -0.15) is 0 Å². The summed E-state index contributed by atoms with van der Waals surface area (Å²) in [6.07, 6.45) is 0. The molecule has 0 aliphatic rings. The van der Waals surface area contributed by atoms with Crippen LogP contribution in [0.15, 0.2) is 42.5 Å². The molecule has 0 saturated carbocycles. The van der Waals surface area contributed by atoms with E-state index in [0.717, 1.165) is 0 Å². The van der Waals surface area contributed by atoms with E-state index < -0.39 is 0 Å². The smallest absolute Gasteiger partial charge is 0.262 e. The van der Waals surface area contributed by atoms with E-state index in [4.69, 9.17) is 21.1 Å². The van der Waals surface area contributed by atoms with Gasteiger partial charge in [-0.3, -0.25) is 9.59 Å². The Hall–Kier alpha value is -2.73. The molecule has 0 aliphatic heterocycles. The lowest BCUT2D eigenvalue weighted by atomic mass is 10.3. The summed E-state index contributed by atoms with van der Waals surface area (Å²) < 4.78 is 10.6. The molecule has 0 aromatic heterocycles. The minimum atomic E-state index is -0.361. The van der Waals surface area contributed by atoms with Gasteiger partial charge in [0.15, 0.2) is 6.61 Å². The summed E-state index contributed by atoms with van der Waals surface area (Å²) in [5.41, 5.74) is 1.06. The van der Waals surface area contributed by atoms with Gasteiger partial charge >= 0.3 is 0 Å². The number of rotatable bonds is 6. The number of halogens is 1. The van der Waals surface area contributed by atoms with Crippen LogP contribution in [0, 0.1) is 0 Å². The molecule has 0 radical (unpaired) electrons. The van der Waals surface area contributed by atoms with Crippen LogP contribution in [0.2, 0.25) is 5.02 Å². The number of hydrogen-bond donors (Lipinski definition) is 2. The van der Waals surface area contributed by atoms with Crippen LogP contribution in [0.25, 0.3) is 0 Å². The highest BCUT2D eigenvalue weighted by Gasteiger charge is 2.09. The minimum absolute atomic E-state index is 0.182. The summed E-state index contributed by atoms with van der Waals surface area (Å²) in [6, 6.07) is 11.7. The quantitative estimate of drug-likeness (QED) is 0.839. The Labute approximate surface area is 144 Å². The van der Waals surface area contributed by atoms with Gasteiger partial charge in [0.1, 0.15) is 11.5 Å². The Bertz CT molecular complexity index is 749. The minimum Gasteiger partial charge on any atom is -0.495 e. The maximum atomic E-state index is 12.0. The first-order valence-electron chi connectivity index (χ1n) is 7.12. The highest BCUT2D eigenvalue weighted by atomic mass is 35.5. The average Bonchev–Trinajstić information content (AvgIpc) is 2.53. The molecule has 2 aromatic carbocycles. The van der Waals surface area contributed by atoms with Crippen molar-refractivity contribution in [1.82, 2.24) is 0 Å². The molecule has 0 bridgehead atoms. The van der Waals surface area contributed by atoms with Gasteiger partial charge < -0.3 is 20.1 Å². The first-order valence-corrected chi connectivity index (χ1v) is 7.49.